The smallest absolute Gasteiger partial charge is 0.234 e. The normalized spacial score (nSPS) is 27.7. The van der Waals surface area contributed by atoms with Crippen molar-refractivity contribution in [2.45, 2.75) is 90.7 Å². The van der Waals surface area contributed by atoms with Gasteiger partial charge in [-0.25, -0.2) is 0 Å². The van der Waals surface area contributed by atoms with Crippen LogP contribution in [0.15, 0.2) is 53.1 Å². The third-order valence-corrected chi connectivity index (χ3v) is 10.1. The quantitative estimate of drug-likeness (QED) is 0.292. The summed E-state index contributed by atoms with van der Waals surface area (Å²) in [5, 5.41) is 12.2. The highest BCUT2D eigenvalue weighted by Gasteiger charge is 2.58. The van der Waals surface area contributed by atoms with Crippen molar-refractivity contribution in [3.63, 3.8) is 0 Å². The van der Waals surface area contributed by atoms with E-state index in [0.29, 0.717) is 24.7 Å². The molecule has 5 nitrogen and oxygen atoms in total. The van der Waals surface area contributed by atoms with E-state index in [4.69, 9.17) is 4.74 Å². The number of likely N-dealkylation sites (tertiary alicyclic amines) is 1. The number of carbonyl (C=O) groups is 2. The van der Waals surface area contributed by atoms with Crippen molar-refractivity contribution in [3.8, 4) is 5.75 Å². The molecule has 2 saturated heterocycles. The van der Waals surface area contributed by atoms with Gasteiger partial charge in [-0.2, -0.15) is 0 Å². The van der Waals surface area contributed by atoms with Crippen LogP contribution in [0.25, 0.3) is 16.8 Å². The summed E-state index contributed by atoms with van der Waals surface area (Å²) in [6.07, 6.45) is 11.0. The maximum atomic E-state index is 13.8. The lowest BCUT2D eigenvalue weighted by Gasteiger charge is -2.33. The van der Waals surface area contributed by atoms with E-state index < -0.39 is 0 Å². The molecule has 4 atom stereocenters. The summed E-state index contributed by atoms with van der Waals surface area (Å²) in [7, 11) is 0. The van der Waals surface area contributed by atoms with E-state index in [1.807, 2.05) is 24.3 Å². The molecule has 2 heterocycles. The number of fused-ring (bicyclic) bond motifs is 4. The second kappa shape index (κ2) is 11.2. The van der Waals surface area contributed by atoms with Crippen LogP contribution in [-0.2, 0) is 14.3 Å². The molecule has 212 valence electrons. The molecule has 3 fully saturated rings. The molecule has 2 aromatic rings. The Bertz CT molecular complexity index is 1360. The summed E-state index contributed by atoms with van der Waals surface area (Å²) in [5.41, 5.74) is 5.15. The topological polar surface area (TPSA) is 66.8 Å². The van der Waals surface area contributed by atoms with Crippen molar-refractivity contribution in [1.29, 1.82) is 0 Å². The molecular weight excluding hydrogens is 498 g/mol. The Balaban J connectivity index is 1.24. The van der Waals surface area contributed by atoms with E-state index in [9.17, 15) is 14.7 Å². The van der Waals surface area contributed by atoms with Gasteiger partial charge in [-0.1, -0.05) is 87.6 Å². The molecule has 2 aliphatic carbocycles. The Kier molecular flexibility index (Phi) is 7.60. The molecule has 5 heteroatoms. The van der Waals surface area contributed by atoms with Gasteiger partial charge in [0.25, 0.3) is 0 Å². The Morgan fingerprint density at radius 3 is 2.50 bits per heavy atom. The number of nitrogens with zero attached hydrogens (tertiary/aromatic N) is 1. The van der Waals surface area contributed by atoms with Crippen molar-refractivity contribution in [1.82, 2.24) is 4.90 Å². The van der Waals surface area contributed by atoms with Crippen LogP contribution in [0.2, 0.25) is 0 Å². The third-order valence-electron chi connectivity index (χ3n) is 10.1. The first-order valence-corrected chi connectivity index (χ1v) is 15.5. The number of amides is 2. The molecular formula is C35H43NO4. The summed E-state index contributed by atoms with van der Waals surface area (Å²) < 4.78 is 6.48. The van der Waals surface area contributed by atoms with Gasteiger partial charge in [0.2, 0.25) is 11.8 Å². The molecule has 6 rings (SSSR count). The summed E-state index contributed by atoms with van der Waals surface area (Å²) in [4.78, 5) is 29.2. The fraction of sp³-hybridized carbons (Fsp3) is 0.543. The second-order valence-corrected chi connectivity index (χ2v) is 12.7. The van der Waals surface area contributed by atoms with Crippen LogP contribution in [0, 0.1) is 23.7 Å². The minimum Gasteiger partial charge on any atom is -0.507 e. The number of carbonyl (C=O) groups excluding carboxylic acids is 2. The standard InChI is InChI=1S/C35H43NO4/c1-4-22(18-23-15-16-30(37)26-13-9-8-12-25(23)26)14-17-31-32-27(21(2)3)19-28-33(29(32)20-40-31)35(39)36(34(28)38)24-10-6-5-7-11-24/h8-9,12-13,15-16,18,21,24,28-29,31,33,37H,4-7,10-11,14,17,19-20H2,1-3H3/b22-18+/t28-,29+,31-,33-/m1/s1. The van der Waals surface area contributed by atoms with Crippen molar-refractivity contribution in [2.75, 3.05) is 6.61 Å². The van der Waals surface area contributed by atoms with Crippen LogP contribution in [0.1, 0.15) is 84.1 Å². The maximum Gasteiger partial charge on any atom is 0.234 e. The minimum absolute atomic E-state index is 0.00138. The van der Waals surface area contributed by atoms with Gasteiger partial charge in [-0.15, -0.1) is 0 Å². The summed E-state index contributed by atoms with van der Waals surface area (Å²) in [6.45, 7) is 7.19. The highest BCUT2D eigenvalue weighted by Crippen LogP contribution is 2.52. The zero-order valence-electron chi connectivity index (χ0n) is 24.2. The maximum absolute atomic E-state index is 13.8. The fourth-order valence-corrected chi connectivity index (χ4v) is 8.00. The Labute approximate surface area is 238 Å². The van der Waals surface area contributed by atoms with Crippen LogP contribution in [0.5, 0.6) is 5.75 Å². The lowest BCUT2D eigenvalue weighted by Crippen LogP contribution is -2.42. The molecule has 2 amide bonds. The van der Waals surface area contributed by atoms with Gasteiger partial charge in [-0.05, 0) is 67.0 Å². The van der Waals surface area contributed by atoms with E-state index in [-0.39, 0.29) is 41.7 Å². The zero-order valence-corrected chi connectivity index (χ0v) is 24.2. The molecule has 0 aromatic heterocycles. The molecule has 1 saturated carbocycles. The van der Waals surface area contributed by atoms with Gasteiger partial charge < -0.3 is 9.84 Å². The van der Waals surface area contributed by atoms with Gasteiger partial charge in [0.05, 0.1) is 24.5 Å². The monoisotopic (exact) mass is 541 g/mol. The largest absolute Gasteiger partial charge is 0.507 e. The Morgan fingerprint density at radius 1 is 1.02 bits per heavy atom. The number of allylic oxidation sites excluding steroid dienone is 2. The van der Waals surface area contributed by atoms with E-state index in [1.165, 1.54) is 23.1 Å². The average molecular weight is 542 g/mol. The van der Waals surface area contributed by atoms with Crippen molar-refractivity contribution < 1.29 is 19.4 Å². The molecule has 0 bridgehead atoms. The number of rotatable bonds is 7. The number of aromatic hydroxyl groups is 1. The number of ether oxygens (including phenoxy) is 1. The van der Waals surface area contributed by atoms with Crippen LogP contribution in [0.3, 0.4) is 0 Å². The van der Waals surface area contributed by atoms with Gasteiger partial charge in [0, 0.05) is 17.3 Å². The van der Waals surface area contributed by atoms with Gasteiger partial charge in [0.15, 0.2) is 0 Å². The molecule has 1 N–H and O–H groups in total. The summed E-state index contributed by atoms with van der Waals surface area (Å²) in [5.74, 6) is 0.366. The molecule has 2 aliphatic heterocycles. The molecule has 0 spiro atoms. The SMILES string of the molecule is CC/C(=C\c1ccc(O)c2ccccc12)CC[C@H]1OC[C@H]2C1=C(C(C)C)C[C@H]1C(=O)N(C3CCCCC3)C(=O)[C@H]12. The zero-order chi connectivity index (χ0) is 28.0. The highest BCUT2D eigenvalue weighted by molar-refractivity contribution is 6.06. The highest BCUT2D eigenvalue weighted by atomic mass is 16.5. The molecule has 4 aliphatic rings. The van der Waals surface area contributed by atoms with Gasteiger partial charge >= 0.3 is 0 Å². The van der Waals surface area contributed by atoms with E-state index in [2.05, 4.69) is 32.9 Å². The lowest BCUT2D eigenvalue weighted by molar-refractivity contribution is -0.143. The third kappa shape index (κ3) is 4.70. The number of imide groups is 1. The number of benzene rings is 2. The summed E-state index contributed by atoms with van der Waals surface area (Å²) in [6, 6.07) is 11.9. The predicted octanol–water partition coefficient (Wildman–Crippen LogP) is 7.42. The minimum atomic E-state index is -0.249. The van der Waals surface area contributed by atoms with Crippen LogP contribution >= 0.6 is 0 Å². The van der Waals surface area contributed by atoms with Gasteiger partial charge in [-0.3, -0.25) is 14.5 Å². The molecule has 0 radical (unpaired) electrons. The number of hydrogen-bond donors (Lipinski definition) is 1. The Morgan fingerprint density at radius 2 is 1.77 bits per heavy atom. The first-order valence-electron chi connectivity index (χ1n) is 15.5. The second-order valence-electron chi connectivity index (χ2n) is 12.7. The number of phenols is 1. The van der Waals surface area contributed by atoms with E-state index in [1.54, 1.807) is 11.0 Å². The molecule has 40 heavy (non-hydrogen) atoms. The molecule has 2 aromatic carbocycles. The molecule has 0 unspecified atom stereocenters. The van der Waals surface area contributed by atoms with Crippen LogP contribution in [0.4, 0.5) is 0 Å². The fourth-order valence-electron chi connectivity index (χ4n) is 8.00. The Hall–Kier alpha value is -2.92. The number of phenolic OH excluding ortho intramolecular Hbond substituents is 1. The number of hydrogen-bond acceptors (Lipinski definition) is 4. The van der Waals surface area contributed by atoms with E-state index >= 15 is 0 Å². The van der Waals surface area contributed by atoms with Gasteiger partial charge in [0.1, 0.15) is 5.75 Å². The van der Waals surface area contributed by atoms with E-state index in [0.717, 1.165) is 61.3 Å². The lowest BCUT2D eigenvalue weighted by atomic mass is 9.67. The first kappa shape index (κ1) is 27.3. The van der Waals surface area contributed by atoms with Crippen molar-refractivity contribution in [2.24, 2.45) is 23.7 Å². The predicted molar refractivity (Wildman–Crippen MR) is 159 cm³/mol. The van der Waals surface area contributed by atoms with Crippen LogP contribution in [-0.4, -0.2) is 40.6 Å². The van der Waals surface area contributed by atoms with Crippen molar-refractivity contribution >= 4 is 28.7 Å². The first-order chi connectivity index (χ1) is 19.4. The average Bonchev–Trinajstić information content (AvgIpc) is 3.50. The summed E-state index contributed by atoms with van der Waals surface area (Å²) >= 11 is 0. The van der Waals surface area contributed by atoms with Crippen LogP contribution < -0.4 is 0 Å². The van der Waals surface area contributed by atoms with Crippen molar-refractivity contribution in [3.05, 3.63) is 58.7 Å².